The zero-order chi connectivity index (χ0) is 21.3. The van der Waals surface area contributed by atoms with Gasteiger partial charge in [0.1, 0.15) is 11.6 Å². The molecule has 30 heavy (non-hydrogen) atoms. The van der Waals surface area contributed by atoms with Gasteiger partial charge in [-0.3, -0.25) is 14.8 Å². The van der Waals surface area contributed by atoms with Gasteiger partial charge in [-0.1, -0.05) is 34.8 Å². The predicted octanol–water partition coefficient (Wildman–Crippen LogP) is 4.18. The second-order valence-electron chi connectivity index (χ2n) is 6.70. The minimum atomic E-state index is -0.318. The Morgan fingerprint density at radius 2 is 1.83 bits per heavy atom. The molecule has 1 aliphatic rings. The molecule has 0 aliphatic carbocycles. The van der Waals surface area contributed by atoms with E-state index in [1.165, 1.54) is 0 Å². The smallest absolute Gasteiger partial charge is 0.286 e. The van der Waals surface area contributed by atoms with Gasteiger partial charge in [0.05, 0.1) is 23.9 Å². The molecule has 2 aromatic heterocycles. The van der Waals surface area contributed by atoms with E-state index in [0.29, 0.717) is 64.3 Å². The van der Waals surface area contributed by atoms with E-state index in [-0.39, 0.29) is 11.6 Å². The van der Waals surface area contributed by atoms with Crippen molar-refractivity contribution in [3.05, 3.63) is 63.0 Å². The molecular weight excluding hydrogens is 449 g/mol. The summed E-state index contributed by atoms with van der Waals surface area (Å²) < 4.78 is 7.08. The number of morpholine rings is 1. The fourth-order valence-corrected chi connectivity index (χ4v) is 3.88. The number of carbonyl (C=O) groups excluding carboxylic acids is 1. The first-order valence-corrected chi connectivity index (χ1v) is 10.4. The maximum Gasteiger partial charge on any atom is 0.286 e. The van der Waals surface area contributed by atoms with Gasteiger partial charge in [-0.25, -0.2) is 15.0 Å². The maximum atomic E-state index is 13.0. The van der Waals surface area contributed by atoms with Crippen LogP contribution in [0, 0.1) is 6.92 Å². The van der Waals surface area contributed by atoms with Crippen LogP contribution in [0.4, 0.5) is 0 Å². The number of nitrogens with one attached hydrogen (secondary N) is 1. The van der Waals surface area contributed by atoms with E-state index in [9.17, 15) is 4.79 Å². The Balaban J connectivity index is 1.81. The number of carbonyl (C=O) groups is 1. The molecule has 0 spiro atoms. The van der Waals surface area contributed by atoms with Gasteiger partial charge in [-0.05, 0) is 31.2 Å². The molecule has 4 rings (SSSR count). The lowest BCUT2D eigenvalue weighted by atomic mass is 10.2. The lowest BCUT2D eigenvalue weighted by Crippen LogP contribution is -2.48. The van der Waals surface area contributed by atoms with Crippen LogP contribution in [-0.4, -0.2) is 51.8 Å². The summed E-state index contributed by atoms with van der Waals surface area (Å²) in [5, 5.41) is 3.25. The molecule has 3 heterocycles. The number of imidazole rings is 1. The molecule has 1 fully saturated rings. The number of hydrazine groups is 1. The fraction of sp³-hybridized carbons (Fsp3) is 0.250. The van der Waals surface area contributed by atoms with Crippen molar-refractivity contribution in [1.29, 1.82) is 0 Å². The largest absolute Gasteiger partial charge is 0.379 e. The highest BCUT2D eigenvalue weighted by atomic mass is 35.5. The quantitative estimate of drug-likeness (QED) is 0.624. The Kier molecular flexibility index (Phi) is 6.26. The molecule has 0 radical (unpaired) electrons. The van der Waals surface area contributed by atoms with Crippen LogP contribution in [0.2, 0.25) is 15.1 Å². The van der Waals surface area contributed by atoms with Gasteiger partial charge in [0.2, 0.25) is 0 Å². The zero-order valence-corrected chi connectivity index (χ0v) is 18.3. The molecule has 1 saturated heterocycles. The lowest BCUT2D eigenvalue weighted by molar-refractivity contribution is 0.0124. The van der Waals surface area contributed by atoms with Gasteiger partial charge >= 0.3 is 0 Å². The zero-order valence-electron chi connectivity index (χ0n) is 16.0. The molecule has 1 N–H and O–H groups in total. The molecule has 1 amide bonds. The van der Waals surface area contributed by atoms with Crippen molar-refractivity contribution >= 4 is 40.7 Å². The van der Waals surface area contributed by atoms with Crippen LogP contribution in [0.25, 0.3) is 17.2 Å². The Bertz CT molecular complexity index is 1100. The SMILES string of the molecule is Cc1c(C(=O)NN2CCOCC2)nc(-c2ccc(Cl)cc2Cl)n1-c1cc(Cl)ccn1. The molecule has 0 unspecified atom stereocenters. The van der Waals surface area contributed by atoms with Gasteiger partial charge in [-0.2, -0.15) is 0 Å². The minimum Gasteiger partial charge on any atom is -0.379 e. The van der Waals surface area contributed by atoms with Gasteiger partial charge in [-0.15, -0.1) is 0 Å². The van der Waals surface area contributed by atoms with E-state index in [2.05, 4.69) is 15.4 Å². The van der Waals surface area contributed by atoms with Crippen LogP contribution in [0.5, 0.6) is 0 Å². The number of aromatic nitrogens is 3. The van der Waals surface area contributed by atoms with Crippen LogP contribution < -0.4 is 5.43 Å². The summed E-state index contributed by atoms with van der Waals surface area (Å²) in [7, 11) is 0. The van der Waals surface area contributed by atoms with Crippen molar-refractivity contribution in [3.63, 3.8) is 0 Å². The highest BCUT2D eigenvalue weighted by Crippen LogP contribution is 2.33. The number of ether oxygens (including phenoxy) is 1. The summed E-state index contributed by atoms with van der Waals surface area (Å²) in [4.78, 5) is 22.0. The standard InChI is InChI=1S/C20H18Cl3N5O2/c1-12-18(20(29)26-27-6-8-30-9-7-27)25-19(15-3-2-13(21)10-16(15)23)28(12)17-11-14(22)4-5-24-17/h2-5,10-11H,6-9H2,1H3,(H,26,29). The topological polar surface area (TPSA) is 72.3 Å². The second kappa shape index (κ2) is 8.91. The van der Waals surface area contributed by atoms with Gasteiger partial charge in [0.15, 0.2) is 5.69 Å². The number of hydrogen-bond donors (Lipinski definition) is 1. The van der Waals surface area contributed by atoms with Gasteiger partial charge in [0, 0.05) is 41.0 Å². The molecule has 1 aromatic carbocycles. The number of benzene rings is 1. The second-order valence-corrected chi connectivity index (χ2v) is 7.98. The number of hydrogen-bond acceptors (Lipinski definition) is 5. The highest BCUT2D eigenvalue weighted by molar-refractivity contribution is 6.36. The Labute approximate surface area is 188 Å². The molecule has 7 nitrogen and oxygen atoms in total. The van der Waals surface area contributed by atoms with Crippen LogP contribution in [0.15, 0.2) is 36.5 Å². The van der Waals surface area contributed by atoms with Crippen molar-refractivity contribution in [3.8, 4) is 17.2 Å². The molecule has 10 heteroatoms. The van der Waals surface area contributed by atoms with Crippen molar-refractivity contribution in [2.75, 3.05) is 26.3 Å². The highest BCUT2D eigenvalue weighted by Gasteiger charge is 2.25. The number of halogens is 3. The average molecular weight is 467 g/mol. The summed E-state index contributed by atoms with van der Waals surface area (Å²) in [6.45, 7) is 4.14. The van der Waals surface area contributed by atoms with Crippen LogP contribution in [0.3, 0.4) is 0 Å². The molecule has 0 bridgehead atoms. The molecule has 156 valence electrons. The fourth-order valence-electron chi connectivity index (χ4n) is 3.24. The van der Waals surface area contributed by atoms with Crippen molar-refractivity contribution in [2.45, 2.75) is 6.92 Å². The first kappa shape index (κ1) is 21.1. The van der Waals surface area contributed by atoms with E-state index in [1.54, 1.807) is 48.0 Å². The molecule has 3 aromatic rings. The third-order valence-corrected chi connectivity index (χ3v) is 5.49. The summed E-state index contributed by atoms with van der Waals surface area (Å²) >= 11 is 18.7. The summed E-state index contributed by atoms with van der Waals surface area (Å²) in [6, 6.07) is 8.49. The summed E-state index contributed by atoms with van der Waals surface area (Å²) in [5.41, 5.74) is 4.39. The van der Waals surface area contributed by atoms with E-state index in [0.717, 1.165) is 0 Å². The normalized spacial score (nSPS) is 14.7. The number of nitrogens with zero attached hydrogens (tertiary/aromatic N) is 4. The molecule has 0 saturated carbocycles. The van der Waals surface area contributed by atoms with E-state index in [4.69, 9.17) is 39.5 Å². The van der Waals surface area contributed by atoms with Gasteiger partial charge < -0.3 is 4.74 Å². The molecular formula is C20H18Cl3N5O2. The van der Waals surface area contributed by atoms with Crippen LogP contribution in [0.1, 0.15) is 16.2 Å². The predicted molar refractivity (Wildman–Crippen MR) is 116 cm³/mol. The van der Waals surface area contributed by atoms with Gasteiger partial charge in [0.25, 0.3) is 5.91 Å². The molecule has 0 atom stereocenters. The number of amides is 1. The van der Waals surface area contributed by atoms with Crippen LogP contribution >= 0.6 is 34.8 Å². The third kappa shape index (κ3) is 4.31. The van der Waals surface area contributed by atoms with E-state index >= 15 is 0 Å². The number of rotatable bonds is 4. The lowest BCUT2D eigenvalue weighted by Gasteiger charge is -2.26. The minimum absolute atomic E-state index is 0.268. The Hall–Kier alpha value is -2.16. The third-order valence-electron chi connectivity index (χ3n) is 4.70. The Morgan fingerprint density at radius 1 is 1.10 bits per heavy atom. The van der Waals surface area contributed by atoms with E-state index < -0.39 is 0 Å². The molecule has 1 aliphatic heterocycles. The summed E-state index contributed by atoms with van der Waals surface area (Å²) in [5.74, 6) is 0.677. The first-order valence-electron chi connectivity index (χ1n) is 9.24. The first-order chi connectivity index (χ1) is 14.4. The number of pyridine rings is 1. The summed E-state index contributed by atoms with van der Waals surface area (Å²) in [6.07, 6.45) is 1.60. The van der Waals surface area contributed by atoms with Crippen molar-refractivity contribution in [1.82, 2.24) is 25.0 Å². The Morgan fingerprint density at radius 3 is 2.53 bits per heavy atom. The van der Waals surface area contributed by atoms with E-state index in [1.807, 2.05) is 5.01 Å². The van der Waals surface area contributed by atoms with Crippen molar-refractivity contribution in [2.24, 2.45) is 0 Å². The van der Waals surface area contributed by atoms with Crippen LogP contribution in [-0.2, 0) is 4.74 Å². The monoisotopic (exact) mass is 465 g/mol. The average Bonchev–Trinajstić information content (AvgIpc) is 3.06. The maximum absolute atomic E-state index is 13.0. The van der Waals surface area contributed by atoms with Crippen molar-refractivity contribution < 1.29 is 9.53 Å².